The molecule has 0 spiro atoms. The highest BCUT2D eigenvalue weighted by molar-refractivity contribution is 7.16. The van der Waals surface area contributed by atoms with Gasteiger partial charge >= 0.3 is 17.9 Å². The van der Waals surface area contributed by atoms with Crippen LogP contribution >= 0.6 is 11.3 Å². The Kier molecular flexibility index (Phi) is 6.96. The summed E-state index contributed by atoms with van der Waals surface area (Å²) in [5.41, 5.74) is 1.49. The Labute approximate surface area is 168 Å². The van der Waals surface area contributed by atoms with Crippen LogP contribution in [-0.4, -0.2) is 30.1 Å². The van der Waals surface area contributed by atoms with Crippen molar-refractivity contribution in [2.75, 3.05) is 0 Å². The summed E-state index contributed by atoms with van der Waals surface area (Å²) in [4.78, 5) is 37.8. The van der Waals surface area contributed by atoms with Crippen molar-refractivity contribution >= 4 is 29.2 Å². The zero-order chi connectivity index (χ0) is 21.0. The summed E-state index contributed by atoms with van der Waals surface area (Å²) in [6, 6.07) is 6.96. The van der Waals surface area contributed by atoms with Crippen LogP contribution in [0.5, 0.6) is 5.75 Å². The molecule has 28 heavy (non-hydrogen) atoms. The number of aryl methyl sites for hydroxylation is 1. The van der Waals surface area contributed by atoms with E-state index in [0.29, 0.717) is 11.1 Å². The minimum absolute atomic E-state index is 0.0274. The maximum absolute atomic E-state index is 12.7. The van der Waals surface area contributed by atoms with Crippen molar-refractivity contribution in [1.82, 2.24) is 0 Å². The van der Waals surface area contributed by atoms with Crippen molar-refractivity contribution in [2.24, 2.45) is 0 Å². The van der Waals surface area contributed by atoms with Crippen LogP contribution in [-0.2, 0) is 9.47 Å². The molecule has 2 rings (SSSR count). The number of hydrogen-bond donors (Lipinski definition) is 0. The third kappa shape index (κ3) is 4.98. The highest BCUT2D eigenvalue weighted by Crippen LogP contribution is 2.37. The summed E-state index contributed by atoms with van der Waals surface area (Å²) in [5.74, 6) is -1.81. The van der Waals surface area contributed by atoms with Crippen LogP contribution in [0.1, 0.15) is 68.5 Å². The first-order chi connectivity index (χ1) is 13.1. The summed E-state index contributed by atoms with van der Waals surface area (Å²) in [5, 5.41) is 0. The molecule has 0 saturated carbocycles. The number of rotatable bonds is 6. The van der Waals surface area contributed by atoms with Crippen molar-refractivity contribution in [1.29, 1.82) is 0 Å². The van der Waals surface area contributed by atoms with Crippen LogP contribution in [0, 0.1) is 13.8 Å². The van der Waals surface area contributed by atoms with Gasteiger partial charge in [-0.15, -0.1) is 11.3 Å². The third-order valence-electron chi connectivity index (χ3n) is 3.71. The second-order valence-corrected chi connectivity index (χ2v) is 7.85. The average molecular weight is 404 g/mol. The maximum atomic E-state index is 12.7. The molecule has 0 saturated heterocycles. The third-order valence-corrected chi connectivity index (χ3v) is 4.94. The molecule has 0 bridgehead atoms. The van der Waals surface area contributed by atoms with E-state index in [2.05, 4.69) is 0 Å². The second-order valence-electron chi connectivity index (χ2n) is 6.83. The van der Waals surface area contributed by atoms with Gasteiger partial charge in [0.1, 0.15) is 4.88 Å². The van der Waals surface area contributed by atoms with E-state index in [1.54, 1.807) is 59.7 Å². The van der Waals surface area contributed by atoms with Crippen LogP contribution in [0.3, 0.4) is 0 Å². The zero-order valence-corrected chi connectivity index (χ0v) is 17.6. The molecule has 0 amide bonds. The number of carbonyl (C=O) groups excluding carboxylic acids is 3. The zero-order valence-electron chi connectivity index (χ0n) is 16.8. The first-order valence-corrected chi connectivity index (χ1v) is 9.76. The fraction of sp³-hybridized carbons (Fsp3) is 0.381. The fourth-order valence-corrected chi connectivity index (χ4v) is 3.44. The highest BCUT2D eigenvalue weighted by Gasteiger charge is 2.30. The van der Waals surface area contributed by atoms with Gasteiger partial charge in [0.2, 0.25) is 0 Å². The lowest BCUT2D eigenvalue weighted by atomic mass is 10.1. The molecule has 150 valence electrons. The van der Waals surface area contributed by atoms with Crippen molar-refractivity contribution in [3.8, 4) is 5.75 Å². The number of thiophene rings is 1. The van der Waals surface area contributed by atoms with E-state index in [4.69, 9.17) is 14.2 Å². The minimum atomic E-state index is -0.653. The molecule has 1 heterocycles. The van der Waals surface area contributed by atoms with E-state index in [-0.39, 0.29) is 27.7 Å². The molecule has 0 fully saturated rings. The van der Waals surface area contributed by atoms with E-state index in [1.165, 1.54) is 0 Å². The van der Waals surface area contributed by atoms with Crippen LogP contribution in [0.2, 0.25) is 0 Å². The van der Waals surface area contributed by atoms with Gasteiger partial charge in [0, 0.05) is 5.56 Å². The Morgan fingerprint density at radius 2 is 1.36 bits per heavy atom. The van der Waals surface area contributed by atoms with Crippen molar-refractivity contribution in [2.45, 2.75) is 53.8 Å². The number of ether oxygens (including phenoxy) is 3. The van der Waals surface area contributed by atoms with E-state index < -0.39 is 17.9 Å². The molecule has 6 nitrogen and oxygen atoms in total. The van der Waals surface area contributed by atoms with Gasteiger partial charge in [0.05, 0.1) is 17.8 Å². The SMILES string of the molecule is Cc1ccccc1C(=O)Oc1c(C(=O)OC(C)C)sc(C(=O)OC(C)C)c1C. The van der Waals surface area contributed by atoms with Gasteiger partial charge in [-0.25, -0.2) is 14.4 Å². The predicted molar refractivity (Wildman–Crippen MR) is 106 cm³/mol. The van der Waals surface area contributed by atoms with Gasteiger partial charge < -0.3 is 14.2 Å². The highest BCUT2D eigenvalue weighted by atomic mass is 32.1. The topological polar surface area (TPSA) is 78.9 Å². The van der Waals surface area contributed by atoms with Crippen molar-refractivity contribution < 1.29 is 28.6 Å². The summed E-state index contributed by atoms with van der Waals surface area (Å²) in [7, 11) is 0. The molecule has 2 aromatic rings. The van der Waals surface area contributed by atoms with Crippen molar-refractivity contribution in [3.05, 3.63) is 50.7 Å². The molecule has 7 heteroatoms. The summed E-state index contributed by atoms with van der Waals surface area (Å²) >= 11 is 0.901. The average Bonchev–Trinajstić information content (AvgIpc) is 2.91. The number of carbonyl (C=O) groups is 3. The molecular weight excluding hydrogens is 380 g/mol. The summed E-state index contributed by atoms with van der Waals surface area (Å²) in [6.45, 7) is 10.3. The Morgan fingerprint density at radius 1 is 0.821 bits per heavy atom. The smallest absolute Gasteiger partial charge is 0.352 e. The molecule has 0 radical (unpaired) electrons. The van der Waals surface area contributed by atoms with Crippen LogP contribution < -0.4 is 4.74 Å². The van der Waals surface area contributed by atoms with Crippen LogP contribution in [0.15, 0.2) is 24.3 Å². The molecule has 0 aliphatic rings. The van der Waals surface area contributed by atoms with Gasteiger partial charge in [-0.1, -0.05) is 18.2 Å². The molecule has 0 aliphatic heterocycles. The Hall–Kier alpha value is -2.67. The lowest BCUT2D eigenvalue weighted by Crippen LogP contribution is -2.15. The minimum Gasteiger partial charge on any atom is -0.459 e. The molecule has 0 unspecified atom stereocenters. The largest absolute Gasteiger partial charge is 0.459 e. The van der Waals surface area contributed by atoms with Gasteiger partial charge in [-0.2, -0.15) is 0 Å². The van der Waals surface area contributed by atoms with E-state index in [9.17, 15) is 14.4 Å². The quantitative estimate of drug-likeness (QED) is 0.649. The molecule has 0 atom stereocenters. The number of esters is 3. The predicted octanol–water partition coefficient (Wildman–Crippen LogP) is 4.71. The fourth-order valence-electron chi connectivity index (χ4n) is 2.44. The molecule has 1 aromatic heterocycles. The Morgan fingerprint density at radius 3 is 1.89 bits per heavy atom. The second kappa shape index (κ2) is 9.01. The van der Waals surface area contributed by atoms with Gasteiger partial charge in [0.25, 0.3) is 0 Å². The molecule has 0 aliphatic carbocycles. The monoisotopic (exact) mass is 404 g/mol. The van der Waals surface area contributed by atoms with Gasteiger partial charge in [0.15, 0.2) is 10.6 Å². The number of hydrogen-bond acceptors (Lipinski definition) is 7. The lowest BCUT2D eigenvalue weighted by molar-refractivity contribution is 0.0370. The van der Waals surface area contributed by atoms with Crippen LogP contribution in [0.25, 0.3) is 0 Å². The van der Waals surface area contributed by atoms with Crippen molar-refractivity contribution in [3.63, 3.8) is 0 Å². The number of benzene rings is 1. The molecule has 1 aromatic carbocycles. The van der Waals surface area contributed by atoms with Gasteiger partial charge in [-0.3, -0.25) is 0 Å². The van der Waals surface area contributed by atoms with E-state index in [0.717, 1.165) is 16.9 Å². The first kappa shape index (κ1) is 21.6. The lowest BCUT2D eigenvalue weighted by Gasteiger charge is -2.10. The standard InChI is InChI=1S/C21H24O6S/c1-11(2)25-20(23)17-14(6)16(18(28-17)21(24)26-12(3)4)27-19(22)15-10-8-7-9-13(15)5/h7-12H,1-6H3. The Bertz CT molecular complexity index is 894. The van der Waals surface area contributed by atoms with E-state index >= 15 is 0 Å². The summed E-state index contributed by atoms with van der Waals surface area (Å²) < 4.78 is 16.0. The molecular formula is C21H24O6S. The van der Waals surface area contributed by atoms with E-state index in [1.807, 2.05) is 6.07 Å². The van der Waals surface area contributed by atoms with Gasteiger partial charge in [-0.05, 0) is 53.2 Å². The molecule has 0 N–H and O–H groups in total. The Balaban J connectivity index is 2.46. The first-order valence-electron chi connectivity index (χ1n) is 8.95. The van der Waals surface area contributed by atoms with Crippen LogP contribution in [0.4, 0.5) is 0 Å². The summed E-state index contributed by atoms with van der Waals surface area (Å²) in [6.07, 6.45) is -0.682. The normalized spacial score (nSPS) is 10.9. The maximum Gasteiger partial charge on any atom is 0.352 e.